The van der Waals surface area contributed by atoms with Gasteiger partial charge in [0.25, 0.3) is 0 Å². The molecule has 300 valence electrons. The lowest BCUT2D eigenvalue weighted by Gasteiger charge is -2.54. The number of likely N-dealkylation sites (tertiary alicyclic amines) is 2. The van der Waals surface area contributed by atoms with Crippen LogP contribution in [0, 0.1) is 59.2 Å². The Morgan fingerprint density at radius 1 is 0.491 bits per heavy atom. The Kier molecular flexibility index (Phi) is 11.4. The fourth-order valence-corrected chi connectivity index (χ4v) is 14.2. The van der Waals surface area contributed by atoms with Crippen molar-refractivity contribution in [2.75, 3.05) is 26.2 Å². The number of hydrogen-bond donors (Lipinski definition) is 1. The number of halogens is 6. The first kappa shape index (κ1) is 38.7. The first-order valence-corrected chi connectivity index (χ1v) is 21.8. The monoisotopic (exact) mass is 755 g/mol. The number of alkyl halides is 6. The van der Waals surface area contributed by atoms with E-state index in [1.54, 1.807) is 0 Å². The molecule has 0 aromatic rings. The van der Waals surface area contributed by atoms with Crippen LogP contribution in [-0.2, 0) is 9.59 Å². The number of nitrogens with one attached hydrogen (secondary N) is 1. The van der Waals surface area contributed by atoms with Gasteiger partial charge in [-0.15, -0.1) is 0 Å². The number of nitrogens with zero attached hydrogens (tertiary/aromatic N) is 2. The van der Waals surface area contributed by atoms with E-state index in [2.05, 4.69) is 15.1 Å². The van der Waals surface area contributed by atoms with Gasteiger partial charge < -0.3 is 5.32 Å². The predicted octanol–water partition coefficient (Wildman–Crippen LogP) is 8.99. The van der Waals surface area contributed by atoms with Crippen LogP contribution in [0.4, 0.5) is 26.3 Å². The largest absolute Gasteiger partial charge is 0.450 e. The van der Waals surface area contributed by atoms with Crippen LogP contribution in [0.1, 0.15) is 128 Å². The molecule has 11 unspecified atom stereocenters. The molecule has 8 fully saturated rings. The summed E-state index contributed by atoms with van der Waals surface area (Å²) in [5.74, 6) is -1.88. The summed E-state index contributed by atoms with van der Waals surface area (Å²) in [5, 5.41) is 3.75. The minimum Gasteiger partial charge on any atom is -0.316 e. The smallest absolute Gasteiger partial charge is 0.316 e. The molecule has 53 heavy (non-hydrogen) atoms. The van der Waals surface area contributed by atoms with Crippen LogP contribution < -0.4 is 5.32 Å². The maximum Gasteiger partial charge on any atom is 0.450 e. The molecular weight excluding hydrogens is 692 g/mol. The van der Waals surface area contributed by atoms with Crippen molar-refractivity contribution in [2.45, 2.75) is 165 Å². The predicted molar refractivity (Wildman–Crippen MR) is 191 cm³/mol. The van der Waals surface area contributed by atoms with Gasteiger partial charge in [0.15, 0.2) is 0 Å². The minimum atomic E-state index is -4.82. The summed E-state index contributed by atoms with van der Waals surface area (Å²) in [5.41, 5.74) is 0. The summed E-state index contributed by atoms with van der Waals surface area (Å²) < 4.78 is 81.0. The van der Waals surface area contributed by atoms with E-state index in [0.717, 1.165) is 94.2 Å². The molecule has 0 amide bonds. The molecule has 0 spiro atoms. The zero-order chi connectivity index (χ0) is 37.1. The van der Waals surface area contributed by atoms with Gasteiger partial charge in [-0.1, -0.05) is 44.9 Å². The Labute approximate surface area is 312 Å². The van der Waals surface area contributed by atoms with Crippen LogP contribution in [0.25, 0.3) is 0 Å². The highest BCUT2D eigenvalue weighted by Crippen LogP contribution is 2.54. The van der Waals surface area contributed by atoms with Gasteiger partial charge in [0.05, 0.1) is 0 Å². The van der Waals surface area contributed by atoms with Gasteiger partial charge in [0.1, 0.15) is 0 Å². The summed E-state index contributed by atoms with van der Waals surface area (Å²) in [7, 11) is 0. The lowest BCUT2D eigenvalue weighted by molar-refractivity contribution is -0.177. The molecule has 0 bridgehead atoms. The van der Waals surface area contributed by atoms with Crippen LogP contribution in [-0.4, -0.2) is 84.1 Å². The molecule has 5 aliphatic carbocycles. The molecule has 8 aliphatic rings. The standard InChI is InChI=1S/C42H63F6N3O2/c43-41(44,45)39(52)28-8-4-6-25(16-28)30-18-31(26-7-5-9-29(17-26)40(53)42(46,47)48)20-34(19-30)50-23-32(24-50)27-12-13-37-35(21-27)36-22-49-15-14-38(36)51(37)33-10-2-1-3-11-33/h25-38,49H,1-24H2. The van der Waals surface area contributed by atoms with Gasteiger partial charge in [0.2, 0.25) is 11.6 Å². The highest BCUT2D eigenvalue weighted by atomic mass is 19.4. The first-order chi connectivity index (χ1) is 25.3. The molecule has 5 saturated carbocycles. The van der Waals surface area contributed by atoms with Crippen molar-refractivity contribution in [1.29, 1.82) is 0 Å². The van der Waals surface area contributed by atoms with Crippen molar-refractivity contribution in [3.05, 3.63) is 0 Å². The SMILES string of the molecule is O=C(C1CCCC(C2CC(C3CCCC(C(=O)C(F)(F)F)C3)CC(N3CC(C4CCC5C(C4)C4CNCCC4N5C4CCCCC4)C3)C2)C1)C(F)(F)F. The van der Waals surface area contributed by atoms with E-state index in [1.165, 1.54) is 57.8 Å². The maximum atomic E-state index is 13.5. The molecule has 3 heterocycles. The molecular formula is C42H63F6N3O2. The number of Topliss-reactive ketones (excluding diaryl/α,β-unsaturated/α-hetero) is 2. The number of carbonyl (C=O) groups excluding carboxylic acids is 2. The van der Waals surface area contributed by atoms with Gasteiger partial charge >= 0.3 is 12.4 Å². The third-order valence-electron chi connectivity index (χ3n) is 16.6. The Hall–Kier alpha value is -1.20. The third kappa shape index (κ3) is 8.02. The van der Waals surface area contributed by atoms with Gasteiger partial charge in [-0.2, -0.15) is 26.3 Å². The van der Waals surface area contributed by atoms with Gasteiger partial charge in [-0.25, -0.2) is 0 Å². The summed E-state index contributed by atoms with van der Waals surface area (Å²) in [6.45, 7) is 4.38. The normalized spacial score (nSPS) is 42.8. The molecule has 3 aliphatic heterocycles. The lowest BCUT2D eigenvalue weighted by atomic mass is 9.61. The second-order valence-electron chi connectivity index (χ2n) is 19.3. The quantitative estimate of drug-likeness (QED) is 0.263. The van der Waals surface area contributed by atoms with Crippen LogP contribution >= 0.6 is 0 Å². The van der Waals surface area contributed by atoms with Crippen molar-refractivity contribution >= 4 is 11.6 Å². The van der Waals surface area contributed by atoms with E-state index >= 15 is 0 Å². The van der Waals surface area contributed by atoms with E-state index in [1.807, 2.05) is 0 Å². The fraction of sp³-hybridized carbons (Fsp3) is 0.952. The molecule has 11 atom stereocenters. The Bertz CT molecular complexity index is 1240. The zero-order valence-corrected chi connectivity index (χ0v) is 31.5. The molecule has 5 nitrogen and oxygen atoms in total. The summed E-state index contributed by atoms with van der Waals surface area (Å²) in [6.07, 6.45) is 8.96. The Morgan fingerprint density at radius 3 is 1.64 bits per heavy atom. The third-order valence-corrected chi connectivity index (χ3v) is 16.6. The molecule has 0 aromatic heterocycles. The Morgan fingerprint density at radius 2 is 1.06 bits per heavy atom. The topological polar surface area (TPSA) is 52.7 Å². The lowest BCUT2D eigenvalue weighted by Crippen LogP contribution is -2.58. The van der Waals surface area contributed by atoms with Gasteiger partial charge in [0, 0.05) is 49.1 Å². The summed E-state index contributed by atoms with van der Waals surface area (Å²) in [4.78, 5) is 30.3. The molecule has 1 N–H and O–H groups in total. The van der Waals surface area contributed by atoms with Crippen molar-refractivity contribution in [3.63, 3.8) is 0 Å². The first-order valence-electron chi connectivity index (χ1n) is 21.8. The second-order valence-corrected chi connectivity index (χ2v) is 19.3. The number of hydrogen-bond acceptors (Lipinski definition) is 5. The number of carbonyl (C=O) groups is 2. The highest BCUT2D eigenvalue weighted by Gasteiger charge is 2.55. The summed E-state index contributed by atoms with van der Waals surface area (Å²) >= 11 is 0. The van der Waals surface area contributed by atoms with Crippen molar-refractivity contribution in [3.8, 4) is 0 Å². The van der Waals surface area contributed by atoms with Gasteiger partial charge in [-0.3, -0.25) is 19.4 Å². The average Bonchev–Trinajstić information content (AvgIpc) is 3.47. The van der Waals surface area contributed by atoms with E-state index in [4.69, 9.17) is 0 Å². The second kappa shape index (κ2) is 15.6. The number of ketones is 2. The van der Waals surface area contributed by atoms with Crippen LogP contribution in [0.3, 0.4) is 0 Å². The van der Waals surface area contributed by atoms with Crippen molar-refractivity contribution < 1.29 is 35.9 Å². The fourth-order valence-electron chi connectivity index (χ4n) is 14.2. The van der Waals surface area contributed by atoms with E-state index < -0.39 is 35.8 Å². The Balaban J connectivity index is 0.939. The zero-order valence-electron chi connectivity index (χ0n) is 31.5. The number of fused-ring (bicyclic) bond motifs is 3. The van der Waals surface area contributed by atoms with Gasteiger partial charge in [-0.05, 0) is 144 Å². The van der Waals surface area contributed by atoms with Crippen LogP contribution in [0.2, 0.25) is 0 Å². The molecule has 11 heteroatoms. The van der Waals surface area contributed by atoms with Crippen molar-refractivity contribution in [1.82, 2.24) is 15.1 Å². The van der Waals surface area contributed by atoms with Crippen LogP contribution in [0.15, 0.2) is 0 Å². The van der Waals surface area contributed by atoms with E-state index in [-0.39, 0.29) is 55.4 Å². The molecule has 0 aromatic carbocycles. The molecule has 3 saturated heterocycles. The van der Waals surface area contributed by atoms with Crippen LogP contribution in [0.5, 0.6) is 0 Å². The van der Waals surface area contributed by atoms with Crippen molar-refractivity contribution in [2.24, 2.45) is 59.2 Å². The highest BCUT2D eigenvalue weighted by molar-refractivity contribution is 5.86. The average molecular weight is 756 g/mol. The van der Waals surface area contributed by atoms with E-state index in [9.17, 15) is 35.9 Å². The number of piperidine rings is 1. The minimum absolute atomic E-state index is 0.0282. The maximum absolute atomic E-state index is 13.5. The molecule has 8 rings (SSSR count). The number of rotatable bonds is 7. The summed E-state index contributed by atoms with van der Waals surface area (Å²) in [6, 6.07) is 2.50. The van der Waals surface area contributed by atoms with E-state index in [0.29, 0.717) is 18.8 Å². The molecule has 0 radical (unpaired) electrons.